The molecule has 3 N–H and O–H groups in total. The number of anilines is 1. The van der Waals surface area contributed by atoms with Crippen LogP contribution in [0.15, 0.2) is 23.8 Å². The van der Waals surface area contributed by atoms with Crippen LogP contribution in [0.1, 0.15) is 40.0 Å². The zero-order valence-electron chi connectivity index (χ0n) is 15.3. The number of aromatic nitrogens is 2. The summed E-state index contributed by atoms with van der Waals surface area (Å²) >= 11 is 3.03. The van der Waals surface area contributed by atoms with Crippen molar-refractivity contribution in [2.75, 3.05) is 18.4 Å². The van der Waals surface area contributed by atoms with Gasteiger partial charge in [-0.2, -0.15) is 0 Å². The fraction of sp³-hybridized carbons (Fsp3) is 0.333. The van der Waals surface area contributed by atoms with Gasteiger partial charge < -0.3 is 16.0 Å². The number of carbonyl (C=O) groups is 2. The Balaban J connectivity index is 1.80. The first kappa shape index (κ1) is 19.2. The maximum absolute atomic E-state index is 12.5. The molecule has 3 heterocycles. The summed E-state index contributed by atoms with van der Waals surface area (Å²) in [5.74, 6) is 0.443. The van der Waals surface area contributed by atoms with Crippen molar-refractivity contribution in [3.8, 4) is 0 Å². The van der Waals surface area contributed by atoms with Gasteiger partial charge in [-0.25, -0.2) is 9.97 Å². The molecule has 0 aromatic carbocycles. The molecule has 2 amide bonds. The molecule has 1 atom stereocenters. The van der Waals surface area contributed by atoms with E-state index in [2.05, 4.69) is 38.9 Å². The molecule has 0 bridgehead atoms. The quantitative estimate of drug-likeness (QED) is 0.527. The number of nitrogens with one attached hydrogen (secondary N) is 3. The molecule has 142 valence electrons. The number of thiophene rings is 2. The number of carbonyl (C=O) groups excluding carboxylic acids is 2. The van der Waals surface area contributed by atoms with E-state index in [-0.39, 0.29) is 17.9 Å². The van der Waals surface area contributed by atoms with Gasteiger partial charge >= 0.3 is 0 Å². The lowest BCUT2D eigenvalue weighted by Crippen LogP contribution is -2.33. The molecule has 27 heavy (non-hydrogen) atoms. The van der Waals surface area contributed by atoms with Gasteiger partial charge in [0.25, 0.3) is 5.91 Å². The van der Waals surface area contributed by atoms with Gasteiger partial charge in [0, 0.05) is 24.9 Å². The highest BCUT2D eigenvalue weighted by atomic mass is 32.1. The normalized spacial score (nSPS) is 12.0. The molecule has 3 rings (SSSR count). The Morgan fingerprint density at radius 2 is 2.00 bits per heavy atom. The number of aryl methyl sites for hydroxylation is 1. The molecule has 0 spiro atoms. The Labute approximate surface area is 165 Å². The predicted octanol–water partition coefficient (Wildman–Crippen LogP) is 3.10. The van der Waals surface area contributed by atoms with Crippen molar-refractivity contribution in [3.05, 3.63) is 39.2 Å². The van der Waals surface area contributed by atoms with Crippen molar-refractivity contribution >= 4 is 50.5 Å². The molecule has 0 saturated heterocycles. The Hall–Kier alpha value is -2.52. The number of hydrogen-bond acceptors (Lipinski definition) is 7. The van der Waals surface area contributed by atoms with Crippen molar-refractivity contribution in [2.45, 2.75) is 26.8 Å². The summed E-state index contributed by atoms with van der Waals surface area (Å²) in [7, 11) is 0. The monoisotopic (exact) mass is 403 g/mol. The summed E-state index contributed by atoms with van der Waals surface area (Å²) in [5, 5.41) is 11.8. The maximum Gasteiger partial charge on any atom is 0.261 e. The third-order valence-corrected chi connectivity index (χ3v) is 6.29. The Morgan fingerprint density at radius 1 is 1.22 bits per heavy atom. The van der Waals surface area contributed by atoms with Gasteiger partial charge in [-0.3, -0.25) is 9.59 Å². The zero-order valence-corrected chi connectivity index (χ0v) is 17.0. The van der Waals surface area contributed by atoms with Gasteiger partial charge in [0.1, 0.15) is 17.0 Å². The van der Waals surface area contributed by atoms with E-state index >= 15 is 0 Å². The van der Waals surface area contributed by atoms with Crippen molar-refractivity contribution in [1.82, 2.24) is 20.6 Å². The van der Waals surface area contributed by atoms with Gasteiger partial charge in [0.15, 0.2) is 0 Å². The van der Waals surface area contributed by atoms with E-state index in [1.165, 1.54) is 29.5 Å². The van der Waals surface area contributed by atoms with Gasteiger partial charge in [-0.05, 0) is 30.9 Å². The van der Waals surface area contributed by atoms with E-state index in [1.807, 2.05) is 18.4 Å². The van der Waals surface area contributed by atoms with E-state index in [9.17, 15) is 9.59 Å². The fourth-order valence-electron chi connectivity index (χ4n) is 2.71. The van der Waals surface area contributed by atoms with Crippen molar-refractivity contribution < 1.29 is 9.59 Å². The first-order valence-corrected chi connectivity index (χ1v) is 10.2. The van der Waals surface area contributed by atoms with Crippen LogP contribution in [0.25, 0.3) is 10.2 Å². The Morgan fingerprint density at radius 3 is 2.70 bits per heavy atom. The fourth-order valence-corrected chi connectivity index (χ4v) is 4.51. The maximum atomic E-state index is 12.5. The van der Waals surface area contributed by atoms with Gasteiger partial charge in [0.2, 0.25) is 5.91 Å². The second kappa shape index (κ2) is 8.45. The molecular weight excluding hydrogens is 382 g/mol. The number of fused-ring (bicyclic) bond motifs is 1. The Kier molecular flexibility index (Phi) is 6.02. The highest BCUT2D eigenvalue weighted by Crippen LogP contribution is 2.34. The highest BCUT2D eigenvalue weighted by Gasteiger charge is 2.20. The standard InChI is InChI=1S/C18H21N5O2S2/c1-10-14-16(23-11(2)13-5-4-8-26-13)21-9-22-18(14)27-15(10)17(25)20-7-6-19-12(3)24/h4-5,8-9,11H,6-7H2,1-3H3,(H,19,24)(H,20,25)(H,21,22,23). The van der Waals surface area contributed by atoms with Gasteiger partial charge in [-0.15, -0.1) is 22.7 Å². The number of nitrogens with zero attached hydrogens (tertiary/aromatic N) is 2. The second-order valence-corrected chi connectivity index (χ2v) is 8.06. The number of rotatable bonds is 7. The Bertz CT molecular complexity index is 952. The van der Waals surface area contributed by atoms with E-state index in [0.29, 0.717) is 18.0 Å². The largest absolute Gasteiger partial charge is 0.362 e. The molecule has 0 aliphatic heterocycles. The van der Waals surface area contributed by atoms with Crippen LogP contribution in [-0.2, 0) is 4.79 Å². The van der Waals surface area contributed by atoms with Crippen LogP contribution < -0.4 is 16.0 Å². The molecule has 3 aromatic heterocycles. The summed E-state index contributed by atoms with van der Waals surface area (Å²) in [6, 6.07) is 4.21. The third kappa shape index (κ3) is 4.42. The first-order chi connectivity index (χ1) is 13.0. The molecular formula is C18H21N5O2S2. The molecule has 0 aliphatic rings. The molecule has 0 radical (unpaired) electrons. The smallest absolute Gasteiger partial charge is 0.261 e. The minimum absolute atomic E-state index is 0.109. The summed E-state index contributed by atoms with van der Waals surface area (Å²) in [6.45, 7) is 6.21. The minimum Gasteiger partial charge on any atom is -0.362 e. The summed E-state index contributed by atoms with van der Waals surface area (Å²) in [6.07, 6.45) is 1.51. The van der Waals surface area contributed by atoms with Crippen LogP contribution >= 0.6 is 22.7 Å². The van der Waals surface area contributed by atoms with E-state index in [4.69, 9.17) is 0 Å². The topological polar surface area (TPSA) is 96.0 Å². The van der Waals surface area contributed by atoms with Gasteiger partial charge in [0.05, 0.1) is 16.3 Å². The number of hydrogen-bond donors (Lipinski definition) is 3. The lowest BCUT2D eigenvalue weighted by molar-refractivity contribution is -0.118. The molecule has 1 unspecified atom stereocenters. The average Bonchev–Trinajstić information content (AvgIpc) is 3.27. The van der Waals surface area contributed by atoms with Crippen molar-refractivity contribution in [3.63, 3.8) is 0 Å². The SMILES string of the molecule is CC(=O)NCCNC(=O)c1sc2ncnc(NC(C)c3cccs3)c2c1C. The van der Waals surface area contributed by atoms with Crippen LogP contribution in [0.4, 0.5) is 5.82 Å². The highest BCUT2D eigenvalue weighted by molar-refractivity contribution is 7.20. The van der Waals surface area contributed by atoms with E-state index < -0.39 is 0 Å². The van der Waals surface area contributed by atoms with Crippen LogP contribution in [0.2, 0.25) is 0 Å². The van der Waals surface area contributed by atoms with Crippen molar-refractivity contribution in [1.29, 1.82) is 0 Å². The second-order valence-electron chi connectivity index (χ2n) is 6.08. The van der Waals surface area contributed by atoms with Crippen LogP contribution in [-0.4, -0.2) is 34.9 Å². The molecule has 9 heteroatoms. The molecule has 0 aliphatic carbocycles. The summed E-state index contributed by atoms with van der Waals surface area (Å²) < 4.78 is 0. The molecule has 3 aromatic rings. The van der Waals surface area contributed by atoms with Crippen LogP contribution in [0, 0.1) is 6.92 Å². The lowest BCUT2D eigenvalue weighted by Gasteiger charge is -2.13. The van der Waals surface area contributed by atoms with Crippen LogP contribution in [0.3, 0.4) is 0 Å². The first-order valence-electron chi connectivity index (χ1n) is 8.54. The zero-order chi connectivity index (χ0) is 19.4. The lowest BCUT2D eigenvalue weighted by atomic mass is 10.2. The van der Waals surface area contributed by atoms with E-state index in [0.717, 1.165) is 21.6 Å². The average molecular weight is 404 g/mol. The summed E-state index contributed by atoms with van der Waals surface area (Å²) in [4.78, 5) is 34.7. The van der Waals surface area contributed by atoms with Crippen LogP contribution in [0.5, 0.6) is 0 Å². The van der Waals surface area contributed by atoms with Gasteiger partial charge in [-0.1, -0.05) is 6.07 Å². The molecule has 0 fully saturated rings. The predicted molar refractivity (Wildman–Crippen MR) is 110 cm³/mol. The van der Waals surface area contributed by atoms with E-state index in [1.54, 1.807) is 11.3 Å². The molecule has 7 nitrogen and oxygen atoms in total. The number of amides is 2. The minimum atomic E-state index is -0.168. The summed E-state index contributed by atoms with van der Waals surface area (Å²) in [5.41, 5.74) is 0.855. The third-order valence-electron chi connectivity index (χ3n) is 4.04. The molecule has 0 saturated carbocycles. The van der Waals surface area contributed by atoms with Crippen molar-refractivity contribution in [2.24, 2.45) is 0 Å².